The number of nitrogens with zero attached hydrogens (tertiary/aromatic N) is 2. The third-order valence-corrected chi connectivity index (χ3v) is 4.21. The molecule has 6 nitrogen and oxygen atoms in total. The largest absolute Gasteiger partial charge is 0.468 e. The second kappa shape index (κ2) is 5.49. The molecule has 6 heteroatoms. The SMILES string of the molecule is CN1CCc2occ(C(=O)Nc3ccc4ncccc4c3)c2C1=O. The Bertz CT molecular complexity index is 961. The van der Waals surface area contributed by atoms with Gasteiger partial charge in [0.2, 0.25) is 0 Å². The number of amides is 2. The number of hydrogen-bond acceptors (Lipinski definition) is 4. The summed E-state index contributed by atoms with van der Waals surface area (Å²) in [5.74, 6) is 0.0377. The first kappa shape index (κ1) is 14.4. The van der Waals surface area contributed by atoms with Gasteiger partial charge < -0.3 is 14.6 Å². The van der Waals surface area contributed by atoms with Crippen LogP contribution in [0.15, 0.2) is 47.2 Å². The molecule has 2 aromatic heterocycles. The fourth-order valence-electron chi connectivity index (χ4n) is 2.90. The molecule has 0 unspecified atom stereocenters. The van der Waals surface area contributed by atoms with Crippen LogP contribution in [0.1, 0.15) is 26.5 Å². The minimum Gasteiger partial charge on any atom is -0.468 e. The molecule has 0 saturated carbocycles. The van der Waals surface area contributed by atoms with Crippen LogP contribution in [0.25, 0.3) is 10.9 Å². The van der Waals surface area contributed by atoms with Crippen molar-refractivity contribution in [2.24, 2.45) is 0 Å². The van der Waals surface area contributed by atoms with Gasteiger partial charge in [0, 0.05) is 37.3 Å². The number of fused-ring (bicyclic) bond motifs is 2. The molecule has 3 heterocycles. The highest BCUT2D eigenvalue weighted by molar-refractivity contribution is 6.13. The Morgan fingerprint density at radius 2 is 2.21 bits per heavy atom. The van der Waals surface area contributed by atoms with E-state index in [4.69, 9.17) is 4.42 Å². The van der Waals surface area contributed by atoms with Crippen molar-refractivity contribution in [3.63, 3.8) is 0 Å². The van der Waals surface area contributed by atoms with E-state index in [1.807, 2.05) is 24.3 Å². The minimum absolute atomic E-state index is 0.183. The fraction of sp³-hybridized carbons (Fsp3) is 0.167. The average Bonchev–Trinajstić information content (AvgIpc) is 3.03. The van der Waals surface area contributed by atoms with Gasteiger partial charge >= 0.3 is 0 Å². The maximum absolute atomic E-state index is 12.6. The van der Waals surface area contributed by atoms with Crippen LogP contribution in [0.3, 0.4) is 0 Å². The Balaban J connectivity index is 1.65. The second-order valence-corrected chi connectivity index (χ2v) is 5.79. The van der Waals surface area contributed by atoms with E-state index in [9.17, 15) is 9.59 Å². The van der Waals surface area contributed by atoms with E-state index in [1.165, 1.54) is 6.26 Å². The van der Waals surface area contributed by atoms with Crippen molar-refractivity contribution in [3.8, 4) is 0 Å². The number of hydrogen-bond donors (Lipinski definition) is 1. The monoisotopic (exact) mass is 321 g/mol. The Kier molecular flexibility index (Phi) is 3.30. The van der Waals surface area contributed by atoms with Gasteiger partial charge in [-0.3, -0.25) is 14.6 Å². The third-order valence-electron chi connectivity index (χ3n) is 4.21. The van der Waals surface area contributed by atoms with E-state index in [2.05, 4.69) is 10.3 Å². The molecular weight excluding hydrogens is 306 g/mol. The molecule has 0 saturated heterocycles. The number of likely N-dealkylation sites (N-methyl/N-ethyl adjacent to an activating group) is 1. The van der Waals surface area contributed by atoms with Crippen molar-refractivity contribution in [1.29, 1.82) is 0 Å². The molecule has 2 amide bonds. The molecule has 0 aliphatic carbocycles. The quantitative estimate of drug-likeness (QED) is 0.787. The Morgan fingerprint density at radius 1 is 1.33 bits per heavy atom. The summed E-state index contributed by atoms with van der Waals surface area (Å²) >= 11 is 0. The van der Waals surface area contributed by atoms with Gasteiger partial charge in [0.05, 0.1) is 16.6 Å². The minimum atomic E-state index is -0.355. The molecule has 4 rings (SSSR count). The lowest BCUT2D eigenvalue weighted by Gasteiger charge is -2.21. The number of carbonyl (C=O) groups is 2. The highest BCUT2D eigenvalue weighted by Crippen LogP contribution is 2.25. The summed E-state index contributed by atoms with van der Waals surface area (Å²) in [6.45, 7) is 0.595. The smallest absolute Gasteiger partial charge is 0.259 e. The van der Waals surface area contributed by atoms with Gasteiger partial charge in [-0.15, -0.1) is 0 Å². The number of pyridine rings is 1. The first-order chi connectivity index (χ1) is 11.6. The van der Waals surface area contributed by atoms with Gasteiger partial charge in [-0.05, 0) is 24.3 Å². The van der Waals surface area contributed by atoms with Crippen LogP contribution in [-0.4, -0.2) is 35.3 Å². The van der Waals surface area contributed by atoms with Crippen LogP contribution in [0.2, 0.25) is 0 Å². The van der Waals surface area contributed by atoms with Gasteiger partial charge in [0.1, 0.15) is 12.0 Å². The second-order valence-electron chi connectivity index (χ2n) is 5.79. The Morgan fingerprint density at radius 3 is 3.08 bits per heavy atom. The Hall–Kier alpha value is -3.15. The van der Waals surface area contributed by atoms with Gasteiger partial charge in [-0.1, -0.05) is 6.07 Å². The zero-order valence-corrected chi connectivity index (χ0v) is 13.1. The molecule has 24 heavy (non-hydrogen) atoms. The number of furan rings is 1. The van der Waals surface area contributed by atoms with Crippen LogP contribution in [0.5, 0.6) is 0 Å². The number of benzene rings is 1. The normalized spacial score (nSPS) is 13.9. The number of aromatic nitrogens is 1. The summed E-state index contributed by atoms with van der Waals surface area (Å²) in [5, 5.41) is 3.76. The maximum atomic E-state index is 12.6. The molecule has 120 valence electrons. The van der Waals surface area contributed by atoms with E-state index in [0.717, 1.165) is 10.9 Å². The molecule has 0 atom stereocenters. The maximum Gasteiger partial charge on any atom is 0.259 e. The molecule has 3 aromatic rings. The summed E-state index contributed by atoms with van der Waals surface area (Å²) in [6, 6.07) is 9.24. The van der Waals surface area contributed by atoms with Crippen LogP contribution >= 0.6 is 0 Å². The molecule has 1 N–H and O–H groups in total. The van der Waals surface area contributed by atoms with E-state index >= 15 is 0 Å². The van der Waals surface area contributed by atoms with Crippen LogP contribution in [0, 0.1) is 0 Å². The van der Waals surface area contributed by atoms with Crippen LogP contribution < -0.4 is 5.32 Å². The summed E-state index contributed by atoms with van der Waals surface area (Å²) in [7, 11) is 1.72. The topological polar surface area (TPSA) is 75.4 Å². The molecule has 0 fully saturated rings. The summed E-state index contributed by atoms with van der Waals surface area (Å²) < 4.78 is 5.42. The van der Waals surface area contributed by atoms with Crippen molar-refractivity contribution in [2.75, 3.05) is 18.9 Å². The fourth-order valence-corrected chi connectivity index (χ4v) is 2.90. The predicted octanol–water partition coefficient (Wildman–Crippen LogP) is 2.71. The molecule has 0 spiro atoms. The van der Waals surface area contributed by atoms with Gasteiger partial charge in [-0.25, -0.2) is 0 Å². The van der Waals surface area contributed by atoms with Crippen molar-refractivity contribution in [3.05, 3.63) is 59.7 Å². The zero-order chi connectivity index (χ0) is 16.7. The van der Waals surface area contributed by atoms with Gasteiger partial charge in [0.25, 0.3) is 11.8 Å². The standard InChI is InChI=1S/C18H15N3O3/c1-21-8-6-15-16(18(21)23)13(10-24-15)17(22)20-12-4-5-14-11(9-12)3-2-7-19-14/h2-5,7,9-10H,6,8H2,1H3,(H,20,22). The third kappa shape index (κ3) is 2.32. The number of carbonyl (C=O) groups excluding carboxylic acids is 2. The van der Waals surface area contributed by atoms with Crippen molar-refractivity contribution >= 4 is 28.4 Å². The first-order valence-corrected chi connectivity index (χ1v) is 7.65. The lowest BCUT2D eigenvalue weighted by molar-refractivity contribution is 0.0770. The number of anilines is 1. The zero-order valence-electron chi connectivity index (χ0n) is 13.1. The van der Waals surface area contributed by atoms with Gasteiger partial charge in [-0.2, -0.15) is 0 Å². The van der Waals surface area contributed by atoms with Crippen molar-refractivity contribution < 1.29 is 14.0 Å². The highest BCUT2D eigenvalue weighted by atomic mass is 16.3. The van der Waals surface area contributed by atoms with E-state index in [1.54, 1.807) is 24.2 Å². The van der Waals surface area contributed by atoms with Crippen molar-refractivity contribution in [1.82, 2.24) is 9.88 Å². The van der Waals surface area contributed by atoms with E-state index in [0.29, 0.717) is 30.0 Å². The van der Waals surface area contributed by atoms with E-state index < -0.39 is 0 Å². The van der Waals surface area contributed by atoms with Crippen LogP contribution in [0.4, 0.5) is 5.69 Å². The molecule has 1 aromatic carbocycles. The van der Waals surface area contributed by atoms with Crippen LogP contribution in [-0.2, 0) is 6.42 Å². The molecule has 1 aliphatic heterocycles. The molecular formula is C18H15N3O3. The Labute approximate surface area is 138 Å². The summed E-state index contributed by atoms with van der Waals surface area (Å²) in [4.78, 5) is 30.7. The van der Waals surface area contributed by atoms with Crippen molar-refractivity contribution in [2.45, 2.75) is 6.42 Å². The average molecular weight is 321 g/mol. The van der Waals surface area contributed by atoms with Gasteiger partial charge in [0.15, 0.2) is 0 Å². The highest BCUT2D eigenvalue weighted by Gasteiger charge is 2.30. The molecule has 0 bridgehead atoms. The molecule has 0 radical (unpaired) electrons. The molecule has 1 aliphatic rings. The first-order valence-electron chi connectivity index (χ1n) is 7.65. The number of rotatable bonds is 2. The summed E-state index contributed by atoms with van der Waals surface area (Å²) in [5.41, 5.74) is 2.14. The summed E-state index contributed by atoms with van der Waals surface area (Å²) in [6.07, 6.45) is 3.70. The predicted molar refractivity (Wildman–Crippen MR) is 89.1 cm³/mol. The van der Waals surface area contributed by atoms with E-state index in [-0.39, 0.29) is 17.4 Å². The lowest BCUT2D eigenvalue weighted by Crippen LogP contribution is -2.34. The lowest BCUT2D eigenvalue weighted by atomic mass is 10.0. The number of nitrogens with one attached hydrogen (secondary N) is 1.